The van der Waals surface area contributed by atoms with Gasteiger partial charge in [0.2, 0.25) is 0 Å². The third-order valence-electron chi connectivity index (χ3n) is 3.54. The van der Waals surface area contributed by atoms with Gasteiger partial charge in [-0.2, -0.15) is 10.5 Å². The normalized spacial score (nSPS) is 9.96. The molecule has 0 saturated carbocycles. The van der Waals surface area contributed by atoms with E-state index in [-0.39, 0.29) is 19.0 Å². The van der Waals surface area contributed by atoms with Crippen LogP contribution in [0.5, 0.6) is 0 Å². The standard InChI is InChI=1S/C17H15BrN4O/c1-12-10-16(17(23)21(8-6-19)9-7-20)13(2)22(12)15-5-3-4-14(18)11-15/h3-5,10-11H,8-9H2,1-2H3. The quantitative estimate of drug-likeness (QED) is 0.774. The average molecular weight is 371 g/mol. The van der Waals surface area contributed by atoms with Gasteiger partial charge >= 0.3 is 0 Å². The van der Waals surface area contributed by atoms with Crippen LogP contribution in [0.4, 0.5) is 0 Å². The Bertz CT molecular complexity index is 810. The lowest BCUT2D eigenvalue weighted by molar-refractivity contribution is 0.0794. The number of carbonyl (C=O) groups excluding carboxylic acids is 1. The molecule has 0 N–H and O–H groups in total. The number of benzene rings is 1. The molecule has 0 bridgehead atoms. The van der Waals surface area contributed by atoms with Crippen molar-refractivity contribution in [3.63, 3.8) is 0 Å². The zero-order valence-electron chi connectivity index (χ0n) is 12.9. The maximum atomic E-state index is 12.6. The van der Waals surface area contributed by atoms with E-state index in [4.69, 9.17) is 10.5 Å². The van der Waals surface area contributed by atoms with Crippen LogP contribution < -0.4 is 0 Å². The zero-order chi connectivity index (χ0) is 17.0. The van der Waals surface area contributed by atoms with Crippen molar-refractivity contribution in [1.82, 2.24) is 9.47 Å². The van der Waals surface area contributed by atoms with Crippen molar-refractivity contribution >= 4 is 21.8 Å². The maximum absolute atomic E-state index is 12.6. The fourth-order valence-corrected chi connectivity index (χ4v) is 2.92. The first-order chi connectivity index (χ1) is 11.0. The number of halogens is 1. The largest absolute Gasteiger partial charge is 0.318 e. The highest BCUT2D eigenvalue weighted by Crippen LogP contribution is 2.24. The molecule has 2 rings (SSSR count). The van der Waals surface area contributed by atoms with Gasteiger partial charge in [0.25, 0.3) is 5.91 Å². The van der Waals surface area contributed by atoms with Gasteiger partial charge in [-0.1, -0.05) is 22.0 Å². The Hall–Kier alpha value is -2.57. The summed E-state index contributed by atoms with van der Waals surface area (Å²) in [5.41, 5.74) is 3.15. The number of carbonyl (C=O) groups is 1. The zero-order valence-corrected chi connectivity index (χ0v) is 14.5. The summed E-state index contributed by atoms with van der Waals surface area (Å²) >= 11 is 3.45. The lowest BCUT2D eigenvalue weighted by Gasteiger charge is -2.16. The van der Waals surface area contributed by atoms with Crippen LogP contribution in [-0.2, 0) is 0 Å². The smallest absolute Gasteiger partial charge is 0.257 e. The number of rotatable bonds is 4. The molecule has 0 radical (unpaired) electrons. The van der Waals surface area contributed by atoms with E-state index in [1.165, 1.54) is 4.90 Å². The number of nitrogens with zero attached hydrogens (tertiary/aromatic N) is 4. The molecule has 0 aliphatic heterocycles. The van der Waals surface area contributed by atoms with Crippen molar-refractivity contribution in [3.8, 4) is 17.8 Å². The highest BCUT2D eigenvalue weighted by molar-refractivity contribution is 9.10. The Morgan fingerprint density at radius 3 is 2.43 bits per heavy atom. The molecule has 0 unspecified atom stereocenters. The van der Waals surface area contributed by atoms with Crippen LogP contribution in [0.2, 0.25) is 0 Å². The van der Waals surface area contributed by atoms with Crippen LogP contribution in [0.3, 0.4) is 0 Å². The van der Waals surface area contributed by atoms with Gasteiger partial charge in [0.05, 0.1) is 17.7 Å². The molecule has 0 aliphatic rings. The summed E-state index contributed by atoms with van der Waals surface area (Å²) in [6, 6.07) is 13.4. The molecule has 0 aliphatic carbocycles. The fraction of sp³-hybridized carbons (Fsp3) is 0.235. The monoisotopic (exact) mass is 370 g/mol. The number of amides is 1. The van der Waals surface area contributed by atoms with Crippen molar-refractivity contribution in [3.05, 3.63) is 51.8 Å². The molecule has 1 amide bonds. The Balaban J connectivity index is 2.47. The SMILES string of the molecule is Cc1cc(C(=O)N(CC#N)CC#N)c(C)n1-c1cccc(Br)c1. The summed E-state index contributed by atoms with van der Waals surface area (Å²) in [6.07, 6.45) is 0. The van der Waals surface area contributed by atoms with Crippen molar-refractivity contribution in [2.24, 2.45) is 0 Å². The van der Waals surface area contributed by atoms with Crippen LogP contribution in [0.1, 0.15) is 21.7 Å². The molecular weight excluding hydrogens is 356 g/mol. The van der Waals surface area contributed by atoms with Crippen LogP contribution in [0.15, 0.2) is 34.8 Å². The summed E-state index contributed by atoms with van der Waals surface area (Å²) in [6.45, 7) is 3.57. The molecular formula is C17H15BrN4O. The minimum absolute atomic E-state index is 0.104. The highest BCUT2D eigenvalue weighted by Gasteiger charge is 2.21. The second-order valence-corrected chi connectivity index (χ2v) is 5.99. The minimum atomic E-state index is -0.303. The van der Waals surface area contributed by atoms with Gasteiger partial charge in [-0.05, 0) is 38.1 Å². The predicted molar refractivity (Wildman–Crippen MR) is 90.1 cm³/mol. The molecule has 1 heterocycles. The molecule has 0 saturated heterocycles. The molecule has 0 spiro atoms. The van der Waals surface area contributed by atoms with E-state index in [0.717, 1.165) is 21.5 Å². The molecule has 1 aromatic carbocycles. The summed E-state index contributed by atoms with van der Waals surface area (Å²) in [5, 5.41) is 17.7. The Kier molecular flexibility index (Phi) is 5.20. The average Bonchev–Trinajstić information content (AvgIpc) is 2.81. The predicted octanol–water partition coefficient (Wildman–Crippen LogP) is 3.35. The first kappa shape index (κ1) is 16.8. The van der Waals surface area contributed by atoms with Crippen LogP contribution >= 0.6 is 15.9 Å². The van der Waals surface area contributed by atoms with Gasteiger partial charge in [-0.15, -0.1) is 0 Å². The lowest BCUT2D eigenvalue weighted by atomic mass is 10.2. The number of aryl methyl sites for hydroxylation is 1. The second-order valence-electron chi connectivity index (χ2n) is 5.08. The molecule has 116 valence electrons. The van der Waals surface area contributed by atoms with Gasteiger partial charge < -0.3 is 9.47 Å². The highest BCUT2D eigenvalue weighted by atomic mass is 79.9. The first-order valence-corrected chi connectivity index (χ1v) is 7.77. The molecule has 23 heavy (non-hydrogen) atoms. The number of aromatic nitrogens is 1. The van der Waals surface area contributed by atoms with Gasteiger partial charge in [-0.3, -0.25) is 4.79 Å². The molecule has 5 nitrogen and oxygen atoms in total. The Morgan fingerprint density at radius 2 is 1.87 bits per heavy atom. The topological polar surface area (TPSA) is 72.8 Å². The summed E-state index contributed by atoms with van der Waals surface area (Å²) in [5.74, 6) is -0.303. The third kappa shape index (κ3) is 3.44. The first-order valence-electron chi connectivity index (χ1n) is 6.97. The van der Waals surface area contributed by atoms with E-state index in [0.29, 0.717) is 5.56 Å². The summed E-state index contributed by atoms with van der Waals surface area (Å²) < 4.78 is 2.93. The second kappa shape index (κ2) is 7.13. The van der Waals surface area contributed by atoms with Crippen molar-refractivity contribution in [2.75, 3.05) is 13.1 Å². The van der Waals surface area contributed by atoms with Crippen molar-refractivity contribution in [1.29, 1.82) is 10.5 Å². The summed E-state index contributed by atoms with van der Waals surface area (Å²) in [7, 11) is 0. The van der Waals surface area contributed by atoms with E-state index in [1.54, 1.807) is 6.07 Å². The van der Waals surface area contributed by atoms with Gasteiger partial charge in [0, 0.05) is 21.5 Å². The molecule has 1 aromatic heterocycles. The Labute approximate surface area is 143 Å². The van der Waals surface area contributed by atoms with Crippen LogP contribution in [0, 0.1) is 36.5 Å². The summed E-state index contributed by atoms with van der Waals surface area (Å²) in [4.78, 5) is 13.9. The third-order valence-corrected chi connectivity index (χ3v) is 4.03. The van der Waals surface area contributed by atoms with Gasteiger partial charge in [-0.25, -0.2) is 0 Å². The van der Waals surface area contributed by atoms with E-state index in [1.807, 2.05) is 54.8 Å². The fourth-order valence-electron chi connectivity index (χ4n) is 2.53. The van der Waals surface area contributed by atoms with E-state index >= 15 is 0 Å². The number of nitriles is 2. The van der Waals surface area contributed by atoms with Gasteiger partial charge in [0.1, 0.15) is 13.1 Å². The molecule has 2 aromatic rings. The molecule has 0 fully saturated rings. The molecule has 6 heteroatoms. The number of hydrogen-bond donors (Lipinski definition) is 0. The maximum Gasteiger partial charge on any atom is 0.257 e. The Morgan fingerprint density at radius 1 is 1.22 bits per heavy atom. The van der Waals surface area contributed by atoms with Crippen LogP contribution in [-0.4, -0.2) is 28.5 Å². The molecule has 0 atom stereocenters. The lowest BCUT2D eigenvalue weighted by Crippen LogP contribution is -2.32. The van der Waals surface area contributed by atoms with Crippen molar-refractivity contribution < 1.29 is 4.79 Å². The van der Waals surface area contributed by atoms with Crippen molar-refractivity contribution in [2.45, 2.75) is 13.8 Å². The van der Waals surface area contributed by atoms with Crippen LogP contribution in [0.25, 0.3) is 5.69 Å². The number of hydrogen-bond acceptors (Lipinski definition) is 3. The van der Waals surface area contributed by atoms with E-state index in [2.05, 4.69) is 15.9 Å². The van der Waals surface area contributed by atoms with Gasteiger partial charge in [0.15, 0.2) is 0 Å². The van der Waals surface area contributed by atoms with E-state index < -0.39 is 0 Å². The minimum Gasteiger partial charge on any atom is -0.318 e. The van der Waals surface area contributed by atoms with E-state index in [9.17, 15) is 4.79 Å².